The van der Waals surface area contributed by atoms with Crippen LogP contribution in [0.5, 0.6) is 0 Å². The first-order valence-electron chi connectivity index (χ1n) is 4.79. The van der Waals surface area contributed by atoms with Crippen LogP contribution in [0.3, 0.4) is 0 Å². The van der Waals surface area contributed by atoms with Gasteiger partial charge in [0.1, 0.15) is 0 Å². The highest BCUT2D eigenvalue weighted by atomic mass is 32.2. The van der Waals surface area contributed by atoms with Crippen molar-refractivity contribution in [3.05, 3.63) is 17.5 Å². The number of methoxy groups -OCH3 is 1. The first-order chi connectivity index (χ1) is 6.93. The molecule has 0 saturated carbocycles. The lowest BCUT2D eigenvalue weighted by atomic mass is 10.4. The third-order valence-corrected chi connectivity index (χ3v) is 3.85. The highest BCUT2D eigenvalue weighted by Gasteiger charge is 1.93. The summed E-state index contributed by atoms with van der Waals surface area (Å²) in [5.74, 6) is 1.15. The maximum Gasteiger partial charge on any atom is 0.0598 e. The van der Waals surface area contributed by atoms with Gasteiger partial charge < -0.3 is 10.1 Å². The normalized spacial score (nSPS) is 10.6. The van der Waals surface area contributed by atoms with Crippen LogP contribution in [0.1, 0.15) is 6.42 Å². The smallest absolute Gasteiger partial charge is 0.0598 e. The van der Waals surface area contributed by atoms with Crippen LogP contribution in [0.2, 0.25) is 0 Å². The number of ether oxygens (including phenoxy) is 1. The molecule has 1 aromatic rings. The predicted molar refractivity (Wildman–Crippen MR) is 64.4 cm³/mol. The monoisotopic (exact) mass is 231 g/mol. The molecule has 0 aliphatic carbocycles. The second kappa shape index (κ2) is 8.29. The lowest BCUT2D eigenvalue weighted by molar-refractivity contribution is 0.194. The van der Waals surface area contributed by atoms with E-state index in [1.807, 2.05) is 23.1 Å². The zero-order valence-corrected chi connectivity index (χ0v) is 10.1. The molecule has 80 valence electrons. The topological polar surface area (TPSA) is 21.3 Å². The Labute approximate surface area is 94.0 Å². The van der Waals surface area contributed by atoms with E-state index < -0.39 is 0 Å². The van der Waals surface area contributed by atoms with E-state index in [-0.39, 0.29) is 0 Å². The van der Waals surface area contributed by atoms with E-state index in [0.717, 1.165) is 31.9 Å². The van der Waals surface area contributed by atoms with Crippen molar-refractivity contribution >= 4 is 23.1 Å². The van der Waals surface area contributed by atoms with E-state index in [1.165, 1.54) is 4.21 Å². The largest absolute Gasteiger partial charge is 0.385 e. The van der Waals surface area contributed by atoms with Gasteiger partial charge in [0.15, 0.2) is 0 Å². The average molecular weight is 231 g/mol. The molecule has 0 aliphatic rings. The Balaban J connectivity index is 1.85. The highest BCUT2D eigenvalue weighted by Crippen LogP contribution is 2.22. The zero-order chi connectivity index (χ0) is 10.1. The van der Waals surface area contributed by atoms with Crippen LogP contribution in [0.15, 0.2) is 21.7 Å². The van der Waals surface area contributed by atoms with Crippen LogP contribution in [-0.4, -0.2) is 32.6 Å². The number of hydrogen-bond acceptors (Lipinski definition) is 4. The molecular weight excluding hydrogens is 214 g/mol. The minimum absolute atomic E-state index is 0.852. The van der Waals surface area contributed by atoms with Gasteiger partial charge in [0.25, 0.3) is 0 Å². The Morgan fingerprint density at radius 1 is 1.50 bits per heavy atom. The molecule has 1 rings (SSSR count). The van der Waals surface area contributed by atoms with Gasteiger partial charge in [-0.25, -0.2) is 0 Å². The molecule has 0 atom stereocenters. The summed E-state index contributed by atoms with van der Waals surface area (Å²) in [6.07, 6.45) is 1.10. The van der Waals surface area contributed by atoms with Gasteiger partial charge in [-0.05, 0) is 24.4 Å². The highest BCUT2D eigenvalue weighted by molar-refractivity contribution is 8.01. The van der Waals surface area contributed by atoms with Gasteiger partial charge in [-0.3, -0.25) is 0 Å². The van der Waals surface area contributed by atoms with Gasteiger partial charge in [0, 0.05) is 26.0 Å². The first kappa shape index (κ1) is 12.0. The second-order valence-corrected chi connectivity index (χ2v) is 5.22. The summed E-state index contributed by atoms with van der Waals surface area (Å²) in [6.45, 7) is 2.98. The first-order valence-corrected chi connectivity index (χ1v) is 6.66. The molecule has 0 fully saturated rings. The van der Waals surface area contributed by atoms with E-state index in [1.54, 1.807) is 7.11 Å². The summed E-state index contributed by atoms with van der Waals surface area (Å²) in [4.78, 5) is 0. The van der Waals surface area contributed by atoms with Crippen molar-refractivity contribution in [3.8, 4) is 0 Å². The summed E-state index contributed by atoms with van der Waals surface area (Å²) in [7, 11) is 1.74. The average Bonchev–Trinajstić information content (AvgIpc) is 2.69. The molecule has 0 spiro atoms. The summed E-state index contributed by atoms with van der Waals surface area (Å²) < 4.78 is 6.37. The van der Waals surface area contributed by atoms with E-state index >= 15 is 0 Å². The summed E-state index contributed by atoms with van der Waals surface area (Å²) >= 11 is 3.73. The molecule has 1 N–H and O–H groups in total. The fraction of sp³-hybridized carbons (Fsp3) is 0.600. The molecule has 0 unspecified atom stereocenters. The van der Waals surface area contributed by atoms with Gasteiger partial charge in [-0.1, -0.05) is 6.07 Å². The van der Waals surface area contributed by atoms with E-state index in [9.17, 15) is 0 Å². The van der Waals surface area contributed by atoms with E-state index in [4.69, 9.17) is 4.74 Å². The molecule has 0 aliphatic heterocycles. The molecular formula is C10H17NOS2. The minimum Gasteiger partial charge on any atom is -0.385 e. The maximum atomic E-state index is 4.96. The number of nitrogens with one attached hydrogen (secondary N) is 1. The second-order valence-electron chi connectivity index (χ2n) is 2.88. The summed E-state index contributed by atoms with van der Waals surface area (Å²) in [5.41, 5.74) is 0. The fourth-order valence-electron chi connectivity index (χ4n) is 1.04. The van der Waals surface area contributed by atoms with Crippen LogP contribution >= 0.6 is 23.1 Å². The number of hydrogen-bond donors (Lipinski definition) is 1. The molecule has 4 heteroatoms. The summed E-state index contributed by atoms with van der Waals surface area (Å²) in [6, 6.07) is 4.26. The maximum absolute atomic E-state index is 4.96. The van der Waals surface area contributed by atoms with Gasteiger partial charge in [-0.15, -0.1) is 23.1 Å². The Bertz CT molecular complexity index is 214. The lowest BCUT2D eigenvalue weighted by Gasteiger charge is -2.02. The van der Waals surface area contributed by atoms with E-state index in [2.05, 4.69) is 22.8 Å². The van der Waals surface area contributed by atoms with Crippen molar-refractivity contribution in [2.75, 3.05) is 32.6 Å². The third-order valence-electron chi connectivity index (χ3n) is 1.72. The fourth-order valence-corrected chi connectivity index (χ4v) is 2.80. The van der Waals surface area contributed by atoms with Crippen molar-refractivity contribution in [2.24, 2.45) is 0 Å². The van der Waals surface area contributed by atoms with Crippen LogP contribution in [0, 0.1) is 0 Å². The summed E-state index contributed by atoms with van der Waals surface area (Å²) in [5, 5.41) is 5.51. The van der Waals surface area contributed by atoms with Crippen LogP contribution in [-0.2, 0) is 4.74 Å². The van der Waals surface area contributed by atoms with Crippen LogP contribution < -0.4 is 5.32 Å². The number of thiophene rings is 1. The van der Waals surface area contributed by atoms with Crippen molar-refractivity contribution in [3.63, 3.8) is 0 Å². The Hall–Kier alpha value is -0.0300. The predicted octanol–water partition coefficient (Wildman–Crippen LogP) is 2.47. The van der Waals surface area contributed by atoms with Crippen LogP contribution in [0.25, 0.3) is 0 Å². The minimum atomic E-state index is 0.852. The molecule has 1 aromatic heterocycles. The quantitative estimate of drug-likeness (QED) is 0.548. The van der Waals surface area contributed by atoms with E-state index in [0.29, 0.717) is 0 Å². The standard InChI is InChI=1S/C10H17NOS2/c1-12-7-3-5-11-6-9-14-10-4-2-8-13-10/h2,4,8,11H,3,5-7,9H2,1H3. The Morgan fingerprint density at radius 3 is 3.14 bits per heavy atom. The molecule has 1 heterocycles. The Morgan fingerprint density at radius 2 is 2.43 bits per heavy atom. The van der Waals surface area contributed by atoms with Crippen LogP contribution in [0.4, 0.5) is 0 Å². The Kier molecular flexibility index (Phi) is 7.13. The molecule has 0 bridgehead atoms. The molecule has 0 amide bonds. The van der Waals surface area contributed by atoms with Gasteiger partial charge >= 0.3 is 0 Å². The zero-order valence-electron chi connectivity index (χ0n) is 8.49. The van der Waals surface area contributed by atoms with Crippen molar-refractivity contribution in [1.82, 2.24) is 5.32 Å². The number of rotatable bonds is 8. The molecule has 0 radical (unpaired) electrons. The van der Waals surface area contributed by atoms with Gasteiger partial charge in [-0.2, -0.15) is 0 Å². The lowest BCUT2D eigenvalue weighted by Crippen LogP contribution is -2.19. The van der Waals surface area contributed by atoms with Gasteiger partial charge in [0.05, 0.1) is 4.21 Å². The van der Waals surface area contributed by atoms with Gasteiger partial charge in [0.2, 0.25) is 0 Å². The van der Waals surface area contributed by atoms with Crippen molar-refractivity contribution < 1.29 is 4.74 Å². The SMILES string of the molecule is COCCCNCCSc1cccs1. The van der Waals surface area contributed by atoms with Crippen molar-refractivity contribution in [2.45, 2.75) is 10.6 Å². The molecule has 0 aromatic carbocycles. The molecule has 14 heavy (non-hydrogen) atoms. The number of thioether (sulfide) groups is 1. The third kappa shape index (κ3) is 5.65. The molecule has 0 saturated heterocycles. The van der Waals surface area contributed by atoms with Crippen molar-refractivity contribution in [1.29, 1.82) is 0 Å². The molecule has 2 nitrogen and oxygen atoms in total.